The number of nitrogens with one attached hydrogen (secondary N) is 2. The van der Waals surface area contributed by atoms with Gasteiger partial charge in [-0.3, -0.25) is 9.69 Å². The molecule has 3 N–H and O–H groups in total. The zero-order valence-electron chi connectivity index (χ0n) is 19.6. The second-order valence-corrected chi connectivity index (χ2v) is 8.44. The number of Topliss-reactive ketones (excluding diaryl/α,β-unsaturated/α-hetero) is 1. The van der Waals surface area contributed by atoms with Crippen LogP contribution in [0, 0.1) is 18.8 Å². The number of allylic oxidation sites excluding steroid dienone is 1. The van der Waals surface area contributed by atoms with Gasteiger partial charge in [0, 0.05) is 47.7 Å². The highest BCUT2D eigenvalue weighted by molar-refractivity contribution is 6.26. The van der Waals surface area contributed by atoms with Crippen LogP contribution in [0.5, 0.6) is 0 Å². The highest BCUT2D eigenvalue weighted by Gasteiger charge is 2.36. The quantitative estimate of drug-likeness (QED) is 0.288. The number of aromatic nitrogens is 2. The van der Waals surface area contributed by atoms with E-state index in [-0.39, 0.29) is 11.6 Å². The van der Waals surface area contributed by atoms with Crippen molar-refractivity contribution >= 4 is 34.5 Å². The Hall–Kier alpha value is -4.39. The molecule has 36 heavy (non-hydrogen) atoms. The van der Waals surface area contributed by atoms with Crippen LogP contribution in [-0.2, 0) is 19.1 Å². The van der Waals surface area contributed by atoms with Crippen molar-refractivity contribution in [3.63, 3.8) is 0 Å². The monoisotopic (exact) mass is 484 g/mol. The first kappa shape index (κ1) is 23.4. The van der Waals surface area contributed by atoms with E-state index in [1.807, 2.05) is 25.1 Å². The van der Waals surface area contributed by atoms with Gasteiger partial charge in [-0.05, 0) is 48.9 Å². The van der Waals surface area contributed by atoms with Gasteiger partial charge in [-0.25, -0.2) is 9.78 Å². The number of fused-ring (bicyclic) bond motifs is 1. The number of H-pyrrole nitrogens is 1. The van der Waals surface area contributed by atoms with Gasteiger partial charge in [0.1, 0.15) is 5.65 Å². The van der Waals surface area contributed by atoms with Gasteiger partial charge < -0.3 is 24.9 Å². The molecule has 9 heteroatoms. The lowest BCUT2D eigenvalue weighted by molar-refractivity contribution is -0.134. The smallest absolute Gasteiger partial charge is 0.345 e. The summed E-state index contributed by atoms with van der Waals surface area (Å²) in [4.78, 5) is 34.2. The number of anilines is 1. The summed E-state index contributed by atoms with van der Waals surface area (Å²) in [5.41, 5.74) is 3.17. The molecule has 1 fully saturated rings. The van der Waals surface area contributed by atoms with Crippen molar-refractivity contribution in [1.82, 2.24) is 14.9 Å². The van der Waals surface area contributed by atoms with E-state index >= 15 is 0 Å². The first-order chi connectivity index (χ1) is 17.5. The van der Waals surface area contributed by atoms with Crippen molar-refractivity contribution in [2.75, 3.05) is 38.2 Å². The minimum atomic E-state index is -1.37. The molecule has 1 saturated heterocycles. The summed E-state index contributed by atoms with van der Waals surface area (Å²) in [6, 6.07) is 9.17. The van der Waals surface area contributed by atoms with Crippen LogP contribution in [0.4, 0.5) is 5.69 Å². The predicted octanol–water partition coefficient (Wildman–Crippen LogP) is 2.90. The maximum Gasteiger partial charge on any atom is 0.345 e. The molecule has 0 unspecified atom stereocenters. The summed E-state index contributed by atoms with van der Waals surface area (Å²) in [5, 5.41) is 13.5. The van der Waals surface area contributed by atoms with Crippen LogP contribution in [-0.4, -0.2) is 64.6 Å². The van der Waals surface area contributed by atoms with Crippen molar-refractivity contribution < 1.29 is 24.2 Å². The molecule has 2 aromatic heterocycles. The highest BCUT2D eigenvalue weighted by Crippen LogP contribution is 2.30. The molecule has 0 saturated carbocycles. The van der Waals surface area contributed by atoms with Crippen LogP contribution in [0.2, 0.25) is 0 Å². The number of carbonyl (C=O) groups is 2. The molecular formula is C27H24N4O5. The first-order valence-electron chi connectivity index (χ1n) is 11.5. The molecule has 1 aromatic carbocycles. The number of ketones is 1. The van der Waals surface area contributed by atoms with Crippen molar-refractivity contribution in [1.29, 1.82) is 0 Å². The average Bonchev–Trinajstić information content (AvgIpc) is 3.42. The molecule has 3 aromatic rings. The lowest BCUT2D eigenvalue weighted by Gasteiger charge is -2.24. The van der Waals surface area contributed by atoms with Crippen LogP contribution in [0.3, 0.4) is 0 Å². The summed E-state index contributed by atoms with van der Waals surface area (Å²) in [6.45, 7) is 5.78. The third-order valence-corrected chi connectivity index (χ3v) is 5.99. The number of benzene rings is 1. The average molecular weight is 485 g/mol. The molecule has 9 nitrogen and oxygen atoms in total. The Morgan fingerprint density at radius 3 is 2.92 bits per heavy atom. The van der Waals surface area contributed by atoms with E-state index in [1.54, 1.807) is 24.5 Å². The molecular weight excluding hydrogens is 460 g/mol. The molecule has 2 aliphatic heterocycles. The molecule has 0 atom stereocenters. The first-order valence-corrected chi connectivity index (χ1v) is 11.5. The lowest BCUT2D eigenvalue weighted by Crippen LogP contribution is -2.36. The molecule has 0 radical (unpaired) electrons. The maximum atomic E-state index is 12.9. The zero-order valence-corrected chi connectivity index (χ0v) is 19.6. The number of ether oxygens (including phenoxy) is 2. The summed E-state index contributed by atoms with van der Waals surface area (Å²) in [6.07, 6.45) is 4.86. The van der Waals surface area contributed by atoms with Gasteiger partial charge in [0.15, 0.2) is 11.3 Å². The van der Waals surface area contributed by atoms with Crippen molar-refractivity contribution in [2.24, 2.45) is 0 Å². The van der Waals surface area contributed by atoms with Crippen LogP contribution in [0.25, 0.3) is 17.1 Å². The predicted molar refractivity (Wildman–Crippen MR) is 134 cm³/mol. The molecule has 2 aliphatic rings. The molecule has 0 spiro atoms. The summed E-state index contributed by atoms with van der Waals surface area (Å²) in [7, 11) is 0. The van der Waals surface area contributed by atoms with E-state index in [0.29, 0.717) is 23.4 Å². The standard InChI is InChI=1S/C27H24N4O5/c1-17-14-18(4-3-9-31-10-12-35-13-11-31)6-7-21(17)30-26-23(27(33)34)24(32)22(36-26)15-19-16-29-25-20(19)5-2-8-28-25/h2,5-8,14-16,30H,9-13H2,1H3,(H,28,29)(H,33,34). The fourth-order valence-electron chi connectivity index (χ4n) is 4.07. The van der Waals surface area contributed by atoms with Gasteiger partial charge in [-0.1, -0.05) is 11.8 Å². The van der Waals surface area contributed by atoms with E-state index in [1.165, 1.54) is 6.08 Å². The molecule has 4 heterocycles. The van der Waals surface area contributed by atoms with Gasteiger partial charge in [0.2, 0.25) is 11.7 Å². The van der Waals surface area contributed by atoms with Gasteiger partial charge in [-0.2, -0.15) is 0 Å². The fourth-order valence-corrected chi connectivity index (χ4v) is 4.07. The molecule has 5 rings (SSSR count). The Bertz CT molecular complexity index is 1470. The lowest BCUT2D eigenvalue weighted by atomic mass is 10.1. The summed E-state index contributed by atoms with van der Waals surface area (Å²) in [5.74, 6) is 4.08. The molecule has 0 bridgehead atoms. The summed E-state index contributed by atoms with van der Waals surface area (Å²) < 4.78 is 11.1. The number of carboxylic acids is 1. The number of carboxylic acid groups (broad SMARTS) is 1. The van der Waals surface area contributed by atoms with Crippen molar-refractivity contribution in [3.8, 4) is 11.8 Å². The van der Waals surface area contributed by atoms with E-state index in [9.17, 15) is 14.7 Å². The molecule has 182 valence electrons. The van der Waals surface area contributed by atoms with E-state index in [4.69, 9.17) is 9.47 Å². The Morgan fingerprint density at radius 1 is 1.31 bits per heavy atom. The largest absolute Gasteiger partial charge is 0.477 e. The van der Waals surface area contributed by atoms with Crippen LogP contribution < -0.4 is 5.32 Å². The molecule has 0 aliphatic carbocycles. The number of nitrogens with zero attached hydrogens (tertiary/aromatic N) is 2. The van der Waals surface area contributed by atoms with Gasteiger partial charge in [-0.15, -0.1) is 0 Å². The Kier molecular flexibility index (Phi) is 6.54. The van der Waals surface area contributed by atoms with Crippen LogP contribution in [0.1, 0.15) is 16.7 Å². The van der Waals surface area contributed by atoms with Gasteiger partial charge in [0.25, 0.3) is 0 Å². The SMILES string of the molecule is Cc1cc(C#CCN2CCOCC2)ccc1NC1=C(C(=O)O)C(=O)C(=Cc2c[nH]c3ncccc23)O1. The number of rotatable bonds is 5. The van der Waals surface area contributed by atoms with Gasteiger partial charge >= 0.3 is 5.97 Å². The number of aryl methyl sites for hydroxylation is 1. The summed E-state index contributed by atoms with van der Waals surface area (Å²) >= 11 is 0. The van der Waals surface area contributed by atoms with E-state index < -0.39 is 17.3 Å². The number of hydrogen-bond donors (Lipinski definition) is 3. The normalized spacial score (nSPS) is 17.2. The number of aliphatic carboxylic acids is 1. The van der Waals surface area contributed by atoms with Gasteiger partial charge in [0.05, 0.1) is 19.8 Å². The third-order valence-electron chi connectivity index (χ3n) is 5.99. The van der Waals surface area contributed by atoms with Crippen molar-refractivity contribution in [2.45, 2.75) is 6.92 Å². The topological polar surface area (TPSA) is 117 Å². The highest BCUT2D eigenvalue weighted by atomic mass is 16.5. The van der Waals surface area contributed by atoms with Crippen LogP contribution in [0.15, 0.2) is 59.9 Å². The van der Waals surface area contributed by atoms with Crippen LogP contribution >= 0.6 is 0 Å². The molecule has 0 amide bonds. The maximum absolute atomic E-state index is 12.9. The number of aromatic amines is 1. The Balaban J connectivity index is 1.34. The number of pyridine rings is 1. The Labute approximate surface area is 207 Å². The Morgan fingerprint density at radius 2 is 2.14 bits per heavy atom. The number of morpholine rings is 1. The second-order valence-electron chi connectivity index (χ2n) is 8.44. The van der Waals surface area contributed by atoms with E-state index in [2.05, 4.69) is 32.0 Å². The second kappa shape index (κ2) is 10.1. The number of hydrogen-bond acceptors (Lipinski definition) is 7. The third kappa shape index (κ3) is 4.86. The fraction of sp³-hybridized carbons (Fsp3) is 0.222. The van der Waals surface area contributed by atoms with Crippen molar-refractivity contribution in [3.05, 3.63) is 76.6 Å². The van der Waals surface area contributed by atoms with E-state index in [0.717, 1.165) is 42.8 Å². The minimum absolute atomic E-state index is 0.0806. The number of carbonyl (C=O) groups excluding carboxylic acids is 1. The minimum Gasteiger partial charge on any atom is -0.477 e. The zero-order chi connectivity index (χ0) is 25.1.